The first-order chi connectivity index (χ1) is 5.77. The lowest BCUT2D eigenvalue weighted by Crippen LogP contribution is -2.21. The van der Waals surface area contributed by atoms with Gasteiger partial charge in [-0.05, 0) is 12.8 Å². The van der Waals surface area contributed by atoms with Gasteiger partial charge in [0.1, 0.15) is 0 Å². The lowest BCUT2D eigenvalue weighted by molar-refractivity contribution is -0.00207. The van der Waals surface area contributed by atoms with Crippen LogP contribution in [0.1, 0.15) is 19.3 Å². The van der Waals surface area contributed by atoms with E-state index in [0.717, 1.165) is 6.42 Å². The Morgan fingerprint density at radius 3 is 2.92 bits per heavy atom. The van der Waals surface area contributed by atoms with E-state index >= 15 is 0 Å². The van der Waals surface area contributed by atoms with Crippen LogP contribution in [-0.4, -0.2) is 35.1 Å². The Hall–Kier alpha value is -0.380. The van der Waals surface area contributed by atoms with Crippen molar-refractivity contribution in [1.29, 1.82) is 0 Å². The summed E-state index contributed by atoms with van der Waals surface area (Å²) in [5, 5.41) is 18.1. The highest BCUT2D eigenvalue weighted by Crippen LogP contribution is 2.24. The number of aliphatic hydroxyl groups excluding tert-OH is 2. The van der Waals surface area contributed by atoms with Crippen LogP contribution in [0.5, 0.6) is 0 Å². The first-order valence-electron chi connectivity index (χ1n) is 4.33. The molecule has 12 heavy (non-hydrogen) atoms. The molecule has 1 heterocycles. The van der Waals surface area contributed by atoms with Crippen LogP contribution in [0, 0.1) is 0 Å². The molecule has 3 atom stereocenters. The van der Waals surface area contributed by atoms with E-state index in [9.17, 15) is 5.11 Å². The Kier molecular flexibility index (Phi) is 3.72. The van der Waals surface area contributed by atoms with E-state index in [1.54, 1.807) is 6.08 Å². The molecule has 3 nitrogen and oxygen atoms in total. The molecule has 0 bridgehead atoms. The summed E-state index contributed by atoms with van der Waals surface area (Å²) in [6.45, 7) is 3.68. The van der Waals surface area contributed by atoms with E-state index in [1.165, 1.54) is 0 Å². The SMILES string of the molecule is C=CC[C@H]1C[C@H](O)[C@H](CCO)O1. The van der Waals surface area contributed by atoms with Gasteiger partial charge in [0, 0.05) is 13.0 Å². The molecule has 1 rings (SSSR count). The van der Waals surface area contributed by atoms with E-state index in [0.29, 0.717) is 12.8 Å². The summed E-state index contributed by atoms with van der Waals surface area (Å²) in [7, 11) is 0. The summed E-state index contributed by atoms with van der Waals surface area (Å²) in [5.41, 5.74) is 0. The summed E-state index contributed by atoms with van der Waals surface area (Å²) < 4.78 is 5.47. The maximum absolute atomic E-state index is 9.45. The minimum absolute atomic E-state index is 0.0720. The second-order valence-corrected chi connectivity index (χ2v) is 3.14. The molecule has 0 radical (unpaired) electrons. The summed E-state index contributed by atoms with van der Waals surface area (Å²) in [6.07, 6.45) is 3.25. The van der Waals surface area contributed by atoms with Gasteiger partial charge in [0.15, 0.2) is 0 Å². The predicted molar refractivity (Wildman–Crippen MR) is 45.8 cm³/mol. The average Bonchev–Trinajstić information content (AvgIpc) is 2.34. The zero-order valence-corrected chi connectivity index (χ0v) is 7.15. The van der Waals surface area contributed by atoms with E-state index in [-0.39, 0.29) is 18.8 Å². The summed E-state index contributed by atoms with van der Waals surface area (Å²) in [4.78, 5) is 0. The monoisotopic (exact) mass is 172 g/mol. The molecule has 0 aromatic heterocycles. The van der Waals surface area contributed by atoms with Crippen molar-refractivity contribution < 1.29 is 14.9 Å². The van der Waals surface area contributed by atoms with Crippen LogP contribution >= 0.6 is 0 Å². The molecule has 1 aliphatic rings. The molecular weight excluding hydrogens is 156 g/mol. The highest BCUT2D eigenvalue weighted by Gasteiger charge is 2.32. The van der Waals surface area contributed by atoms with Gasteiger partial charge in [-0.15, -0.1) is 6.58 Å². The topological polar surface area (TPSA) is 49.7 Å². The van der Waals surface area contributed by atoms with Crippen LogP contribution in [0.4, 0.5) is 0 Å². The van der Waals surface area contributed by atoms with E-state index in [4.69, 9.17) is 9.84 Å². The summed E-state index contributed by atoms with van der Waals surface area (Å²) in [6, 6.07) is 0. The minimum atomic E-state index is -0.415. The van der Waals surface area contributed by atoms with E-state index < -0.39 is 6.10 Å². The number of rotatable bonds is 4. The third-order valence-electron chi connectivity index (χ3n) is 2.14. The van der Waals surface area contributed by atoms with Crippen LogP contribution in [0.3, 0.4) is 0 Å². The van der Waals surface area contributed by atoms with Gasteiger partial charge in [-0.2, -0.15) is 0 Å². The molecule has 1 saturated heterocycles. The van der Waals surface area contributed by atoms with Crippen LogP contribution in [0.15, 0.2) is 12.7 Å². The van der Waals surface area contributed by atoms with Gasteiger partial charge in [0.25, 0.3) is 0 Å². The summed E-state index contributed by atoms with van der Waals surface area (Å²) in [5.74, 6) is 0. The van der Waals surface area contributed by atoms with Crippen molar-refractivity contribution in [1.82, 2.24) is 0 Å². The van der Waals surface area contributed by atoms with Crippen LogP contribution in [0.25, 0.3) is 0 Å². The van der Waals surface area contributed by atoms with Gasteiger partial charge in [0.2, 0.25) is 0 Å². The Morgan fingerprint density at radius 1 is 1.58 bits per heavy atom. The Labute approximate surface area is 72.7 Å². The standard InChI is InChI=1S/C9H16O3/c1-2-3-7-6-8(11)9(12-7)4-5-10/h2,7-11H,1,3-6H2/t7-,8-,9-/m0/s1. The first kappa shape index (κ1) is 9.71. The highest BCUT2D eigenvalue weighted by molar-refractivity contribution is 4.85. The Balaban J connectivity index is 2.33. The van der Waals surface area contributed by atoms with Crippen molar-refractivity contribution in [2.24, 2.45) is 0 Å². The fourth-order valence-corrected chi connectivity index (χ4v) is 1.54. The van der Waals surface area contributed by atoms with Crippen LogP contribution in [0.2, 0.25) is 0 Å². The zero-order valence-electron chi connectivity index (χ0n) is 7.15. The van der Waals surface area contributed by atoms with E-state index in [2.05, 4.69) is 6.58 Å². The van der Waals surface area contributed by atoms with Gasteiger partial charge in [0.05, 0.1) is 18.3 Å². The predicted octanol–water partition coefficient (Wildman–Crippen LogP) is 0.463. The molecule has 2 N–H and O–H groups in total. The first-order valence-corrected chi connectivity index (χ1v) is 4.33. The van der Waals surface area contributed by atoms with Crippen molar-refractivity contribution in [2.75, 3.05) is 6.61 Å². The Bertz CT molecular complexity index is 147. The molecule has 0 spiro atoms. The quantitative estimate of drug-likeness (QED) is 0.606. The molecule has 70 valence electrons. The molecule has 1 aliphatic heterocycles. The summed E-state index contributed by atoms with van der Waals surface area (Å²) >= 11 is 0. The van der Waals surface area contributed by atoms with Crippen LogP contribution in [-0.2, 0) is 4.74 Å². The maximum atomic E-state index is 9.45. The molecule has 0 unspecified atom stereocenters. The third-order valence-corrected chi connectivity index (χ3v) is 2.14. The van der Waals surface area contributed by atoms with Gasteiger partial charge in [-0.25, -0.2) is 0 Å². The molecule has 3 heteroatoms. The third kappa shape index (κ3) is 2.30. The van der Waals surface area contributed by atoms with Crippen molar-refractivity contribution in [3.05, 3.63) is 12.7 Å². The number of hydrogen-bond donors (Lipinski definition) is 2. The molecule has 0 aromatic rings. The van der Waals surface area contributed by atoms with Gasteiger partial charge < -0.3 is 14.9 Å². The van der Waals surface area contributed by atoms with E-state index in [1.807, 2.05) is 0 Å². The fraction of sp³-hybridized carbons (Fsp3) is 0.778. The smallest absolute Gasteiger partial charge is 0.0860 e. The van der Waals surface area contributed by atoms with Gasteiger partial charge in [-0.1, -0.05) is 6.08 Å². The number of ether oxygens (including phenoxy) is 1. The number of aliphatic hydroxyl groups is 2. The second kappa shape index (κ2) is 4.60. The van der Waals surface area contributed by atoms with Crippen molar-refractivity contribution in [3.63, 3.8) is 0 Å². The average molecular weight is 172 g/mol. The zero-order chi connectivity index (χ0) is 8.97. The lowest BCUT2D eigenvalue weighted by Gasteiger charge is -2.12. The van der Waals surface area contributed by atoms with Crippen LogP contribution < -0.4 is 0 Å². The lowest BCUT2D eigenvalue weighted by atomic mass is 10.1. The van der Waals surface area contributed by atoms with Gasteiger partial charge in [-0.3, -0.25) is 0 Å². The fourth-order valence-electron chi connectivity index (χ4n) is 1.54. The molecule has 0 aromatic carbocycles. The van der Waals surface area contributed by atoms with Gasteiger partial charge >= 0.3 is 0 Å². The van der Waals surface area contributed by atoms with Crippen molar-refractivity contribution in [2.45, 2.75) is 37.6 Å². The van der Waals surface area contributed by atoms with Crippen molar-refractivity contribution >= 4 is 0 Å². The largest absolute Gasteiger partial charge is 0.396 e. The molecule has 0 amide bonds. The number of hydrogen-bond acceptors (Lipinski definition) is 3. The second-order valence-electron chi connectivity index (χ2n) is 3.14. The van der Waals surface area contributed by atoms with Crippen molar-refractivity contribution in [3.8, 4) is 0 Å². The molecule has 0 saturated carbocycles. The Morgan fingerprint density at radius 2 is 2.33 bits per heavy atom. The highest BCUT2D eigenvalue weighted by atomic mass is 16.5. The maximum Gasteiger partial charge on any atom is 0.0860 e. The minimum Gasteiger partial charge on any atom is -0.396 e. The molecule has 0 aliphatic carbocycles. The molecule has 1 fully saturated rings. The normalized spacial score (nSPS) is 35.3. The molecular formula is C9H16O3.